The van der Waals surface area contributed by atoms with E-state index in [2.05, 4.69) is 55.3 Å². The number of benzene rings is 1. The Bertz CT molecular complexity index is 375. The van der Waals surface area contributed by atoms with Gasteiger partial charge in [0.2, 0.25) is 0 Å². The van der Waals surface area contributed by atoms with E-state index in [1.165, 1.54) is 37.1 Å². The molecule has 2 rings (SSSR count). The van der Waals surface area contributed by atoms with Crippen LogP contribution in [0.25, 0.3) is 0 Å². The molecule has 1 aromatic rings. The van der Waals surface area contributed by atoms with E-state index >= 15 is 0 Å². The minimum Gasteiger partial charge on any atom is -0.311 e. The molecule has 0 spiro atoms. The van der Waals surface area contributed by atoms with Crippen molar-refractivity contribution >= 4 is 0 Å². The summed E-state index contributed by atoms with van der Waals surface area (Å²) in [6.45, 7) is 10.3. The van der Waals surface area contributed by atoms with Gasteiger partial charge in [0.25, 0.3) is 0 Å². The molecule has 2 heteroatoms. The second kappa shape index (κ2) is 6.35. The maximum absolute atomic E-state index is 3.58. The third-order valence-electron chi connectivity index (χ3n) is 3.97. The first kappa shape index (κ1) is 13.6. The predicted octanol–water partition coefficient (Wildman–Crippen LogP) is 2.61. The van der Waals surface area contributed by atoms with Gasteiger partial charge in [-0.15, -0.1) is 0 Å². The fourth-order valence-corrected chi connectivity index (χ4v) is 2.85. The minimum atomic E-state index is 0.630. The van der Waals surface area contributed by atoms with Crippen LogP contribution in [0.3, 0.4) is 0 Å². The lowest BCUT2D eigenvalue weighted by atomic mass is 10.0. The van der Waals surface area contributed by atoms with E-state index in [-0.39, 0.29) is 0 Å². The molecule has 0 aromatic heterocycles. The summed E-state index contributed by atoms with van der Waals surface area (Å²) in [7, 11) is 0. The maximum Gasteiger partial charge on any atom is 0.0218 e. The molecule has 0 radical (unpaired) electrons. The third-order valence-corrected chi connectivity index (χ3v) is 3.97. The van der Waals surface area contributed by atoms with Crippen LogP contribution >= 0.6 is 0 Å². The van der Waals surface area contributed by atoms with E-state index in [0.717, 1.165) is 6.54 Å². The third kappa shape index (κ3) is 3.56. The largest absolute Gasteiger partial charge is 0.311 e. The lowest BCUT2D eigenvalue weighted by molar-refractivity contribution is 0.133. The van der Waals surface area contributed by atoms with Gasteiger partial charge in [-0.2, -0.15) is 0 Å². The molecule has 2 atom stereocenters. The highest BCUT2D eigenvalue weighted by Crippen LogP contribution is 2.12. The van der Waals surface area contributed by atoms with Gasteiger partial charge in [0.1, 0.15) is 0 Å². The molecule has 1 N–H and O–H groups in total. The summed E-state index contributed by atoms with van der Waals surface area (Å²) in [5.74, 6) is 0. The topological polar surface area (TPSA) is 15.3 Å². The highest BCUT2D eigenvalue weighted by molar-refractivity contribution is 5.22. The molecule has 1 heterocycles. The Morgan fingerprint density at radius 3 is 2.94 bits per heavy atom. The predicted molar refractivity (Wildman–Crippen MR) is 78.0 cm³/mol. The molecule has 2 unspecified atom stereocenters. The Hall–Kier alpha value is -0.860. The van der Waals surface area contributed by atoms with E-state index in [1.807, 2.05) is 0 Å². The highest BCUT2D eigenvalue weighted by atomic mass is 15.2. The number of aryl methyl sites for hydroxylation is 1. The molecule has 100 valence electrons. The molecule has 0 amide bonds. The summed E-state index contributed by atoms with van der Waals surface area (Å²) in [5.41, 5.74) is 2.84. The molecule has 2 nitrogen and oxygen atoms in total. The molecule has 0 saturated carbocycles. The number of hydrogen-bond acceptors (Lipinski definition) is 2. The van der Waals surface area contributed by atoms with E-state index in [9.17, 15) is 0 Å². The molecule has 1 aromatic carbocycles. The monoisotopic (exact) mass is 246 g/mol. The van der Waals surface area contributed by atoms with Gasteiger partial charge in [-0.25, -0.2) is 0 Å². The smallest absolute Gasteiger partial charge is 0.0218 e. The summed E-state index contributed by atoms with van der Waals surface area (Å²) < 4.78 is 0. The van der Waals surface area contributed by atoms with E-state index in [0.29, 0.717) is 12.1 Å². The normalized spacial score (nSPS) is 25.3. The van der Waals surface area contributed by atoms with Crippen LogP contribution < -0.4 is 5.32 Å². The molecule has 18 heavy (non-hydrogen) atoms. The van der Waals surface area contributed by atoms with Gasteiger partial charge in [0.15, 0.2) is 0 Å². The zero-order chi connectivity index (χ0) is 13.0. The number of piperazine rings is 1. The van der Waals surface area contributed by atoms with Crippen LogP contribution in [0.15, 0.2) is 24.3 Å². The number of nitrogens with one attached hydrogen (secondary N) is 1. The highest BCUT2D eigenvalue weighted by Gasteiger charge is 2.23. The molecule has 0 aliphatic carbocycles. The fraction of sp³-hybridized carbons (Fsp3) is 0.625. The van der Waals surface area contributed by atoms with Gasteiger partial charge < -0.3 is 5.32 Å². The minimum absolute atomic E-state index is 0.630. The van der Waals surface area contributed by atoms with E-state index < -0.39 is 0 Å². The van der Waals surface area contributed by atoms with Crippen molar-refractivity contribution in [2.24, 2.45) is 0 Å². The maximum atomic E-state index is 3.58. The van der Waals surface area contributed by atoms with Crippen molar-refractivity contribution < 1.29 is 0 Å². The summed E-state index contributed by atoms with van der Waals surface area (Å²) >= 11 is 0. The van der Waals surface area contributed by atoms with Crippen LogP contribution in [0.5, 0.6) is 0 Å². The zero-order valence-corrected chi connectivity index (χ0v) is 11.9. The zero-order valence-electron chi connectivity index (χ0n) is 11.9. The Morgan fingerprint density at radius 1 is 1.39 bits per heavy atom. The Morgan fingerprint density at radius 2 is 2.22 bits per heavy atom. The quantitative estimate of drug-likeness (QED) is 0.878. The SMILES string of the molecule is CCC1CNC(C)CN1CCc1cccc(C)c1. The summed E-state index contributed by atoms with van der Waals surface area (Å²) in [5, 5.41) is 3.58. The number of nitrogens with zero attached hydrogens (tertiary/aromatic N) is 1. The van der Waals surface area contributed by atoms with E-state index in [4.69, 9.17) is 0 Å². The Labute approximate surface area is 111 Å². The molecule has 0 bridgehead atoms. The van der Waals surface area contributed by atoms with Crippen LogP contribution in [0.2, 0.25) is 0 Å². The van der Waals surface area contributed by atoms with Crippen molar-refractivity contribution in [3.05, 3.63) is 35.4 Å². The van der Waals surface area contributed by atoms with Crippen molar-refractivity contribution in [2.75, 3.05) is 19.6 Å². The van der Waals surface area contributed by atoms with Crippen molar-refractivity contribution in [3.8, 4) is 0 Å². The van der Waals surface area contributed by atoms with Crippen molar-refractivity contribution in [1.29, 1.82) is 0 Å². The van der Waals surface area contributed by atoms with Gasteiger partial charge in [0, 0.05) is 31.7 Å². The van der Waals surface area contributed by atoms with Crippen molar-refractivity contribution in [2.45, 2.75) is 45.7 Å². The Kier molecular flexibility index (Phi) is 4.79. The van der Waals surface area contributed by atoms with Crippen LogP contribution in [-0.2, 0) is 6.42 Å². The lowest BCUT2D eigenvalue weighted by Crippen LogP contribution is -2.55. The van der Waals surface area contributed by atoms with Gasteiger partial charge in [0.05, 0.1) is 0 Å². The molecule has 1 aliphatic rings. The first-order chi connectivity index (χ1) is 8.69. The van der Waals surface area contributed by atoms with Crippen LogP contribution in [-0.4, -0.2) is 36.6 Å². The number of hydrogen-bond donors (Lipinski definition) is 1. The average Bonchev–Trinajstić information content (AvgIpc) is 2.37. The second-order valence-corrected chi connectivity index (χ2v) is 5.61. The summed E-state index contributed by atoms with van der Waals surface area (Å²) in [6.07, 6.45) is 2.42. The average molecular weight is 246 g/mol. The fourth-order valence-electron chi connectivity index (χ4n) is 2.85. The van der Waals surface area contributed by atoms with Gasteiger partial charge in [-0.1, -0.05) is 36.8 Å². The first-order valence-corrected chi connectivity index (χ1v) is 7.22. The molecular formula is C16H26N2. The molecule has 1 saturated heterocycles. The Balaban J connectivity index is 1.91. The van der Waals surface area contributed by atoms with E-state index in [1.54, 1.807) is 0 Å². The molecule has 1 fully saturated rings. The van der Waals surface area contributed by atoms with Gasteiger partial charge in [-0.05, 0) is 32.3 Å². The standard InChI is InChI=1S/C16H26N2/c1-4-16-11-17-14(3)12-18(16)9-8-15-7-5-6-13(2)10-15/h5-7,10,14,16-17H,4,8-9,11-12H2,1-3H3. The second-order valence-electron chi connectivity index (χ2n) is 5.61. The number of rotatable bonds is 4. The molecule has 1 aliphatic heterocycles. The van der Waals surface area contributed by atoms with Gasteiger partial charge >= 0.3 is 0 Å². The summed E-state index contributed by atoms with van der Waals surface area (Å²) in [4.78, 5) is 2.66. The van der Waals surface area contributed by atoms with Crippen molar-refractivity contribution in [1.82, 2.24) is 10.2 Å². The van der Waals surface area contributed by atoms with Gasteiger partial charge in [-0.3, -0.25) is 4.90 Å². The first-order valence-electron chi connectivity index (χ1n) is 7.22. The molecular weight excluding hydrogens is 220 g/mol. The van der Waals surface area contributed by atoms with Crippen LogP contribution in [0.4, 0.5) is 0 Å². The van der Waals surface area contributed by atoms with Crippen LogP contribution in [0, 0.1) is 6.92 Å². The van der Waals surface area contributed by atoms with Crippen LogP contribution in [0.1, 0.15) is 31.4 Å². The lowest BCUT2D eigenvalue weighted by Gasteiger charge is -2.39. The van der Waals surface area contributed by atoms with Crippen molar-refractivity contribution in [3.63, 3.8) is 0 Å². The summed E-state index contributed by atoms with van der Waals surface area (Å²) in [6, 6.07) is 10.2.